The Hall–Kier alpha value is -3.06. The van der Waals surface area contributed by atoms with Gasteiger partial charge >= 0.3 is 0 Å². The minimum absolute atomic E-state index is 0.240. The van der Waals surface area contributed by atoms with Crippen LogP contribution >= 0.6 is 0 Å². The van der Waals surface area contributed by atoms with E-state index in [1.165, 1.54) is 0 Å². The smallest absolute Gasteiger partial charge is 0.231 e. The average molecular weight is 364 g/mol. The molecule has 1 aromatic heterocycles. The van der Waals surface area contributed by atoms with E-state index in [0.29, 0.717) is 5.95 Å². The average Bonchev–Trinajstić information content (AvgIpc) is 3.37. The van der Waals surface area contributed by atoms with E-state index in [0.717, 1.165) is 59.9 Å². The second-order valence-corrected chi connectivity index (χ2v) is 6.62. The summed E-state index contributed by atoms with van der Waals surface area (Å²) in [7, 11) is 0. The monoisotopic (exact) mass is 364 g/mol. The van der Waals surface area contributed by atoms with E-state index in [-0.39, 0.29) is 12.9 Å². The molecule has 5 rings (SSSR count). The summed E-state index contributed by atoms with van der Waals surface area (Å²) >= 11 is 0. The Morgan fingerprint density at radius 2 is 1.96 bits per heavy atom. The number of ether oxygens (including phenoxy) is 3. The Kier molecular flexibility index (Phi) is 4.14. The van der Waals surface area contributed by atoms with Gasteiger partial charge in [0.05, 0.1) is 11.6 Å². The predicted octanol–water partition coefficient (Wildman–Crippen LogP) is 3.69. The zero-order chi connectivity index (χ0) is 18.1. The third-order valence-electron chi connectivity index (χ3n) is 4.75. The summed E-state index contributed by atoms with van der Waals surface area (Å²) < 4.78 is 16.5. The fraction of sp³-hybridized carbons (Fsp3) is 0.300. The van der Waals surface area contributed by atoms with Crippen molar-refractivity contribution in [1.82, 2.24) is 9.97 Å². The second kappa shape index (κ2) is 6.92. The van der Waals surface area contributed by atoms with Gasteiger partial charge in [-0.05, 0) is 37.1 Å². The van der Waals surface area contributed by atoms with E-state index < -0.39 is 0 Å². The normalized spacial score (nSPS) is 18.0. The largest absolute Gasteiger partial charge is 0.454 e. The summed E-state index contributed by atoms with van der Waals surface area (Å²) in [6.45, 7) is 1.83. The van der Waals surface area contributed by atoms with Crippen LogP contribution in [0.5, 0.6) is 11.5 Å². The predicted molar refractivity (Wildman–Crippen MR) is 103 cm³/mol. The number of para-hydroxylation sites is 1. The molecule has 3 aromatic rings. The Labute approximate surface area is 156 Å². The molecule has 1 fully saturated rings. The molecule has 2 N–H and O–H groups in total. The molecule has 0 aliphatic carbocycles. The molecular weight excluding hydrogens is 344 g/mol. The number of hydrogen-bond donors (Lipinski definition) is 2. The first kappa shape index (κ1) is 16.1. The van der Waals surface area contributed by atoms with Crippen LogP contribution in [0.15, 0.2) is 42.5 Å². The van der Waals surface area contributed by atoms with Gasteiger partial charge in [-0.1, -0.05) is 12.1 Å². The second-order valence-electron chi connectivity index (χ2n) is 6.62. The number of aromatic nitrogens is 2. The van der Waals surface area contributed by atoms with Crippen LogP contribution in [0.4, 0.5) is 17.5 Å². The molecule has 1 saturated heterocycles. The van der Waals surface area contributed by atoms with Crippen LogP contribution < -0.4 is 20.1 Å². The van der Waals surface area contributed by atoms with Gasteiger partial charge < -0.3 is 24.8 Å². The first-order chi connectivity index (χ1) is 13.3. The van der Waals surface area contributed by atoms with Gasteiger partial charge in [-0.15, -0.1) is 0 Å². The van der Waals surface area contributed by atoms with Crippen molar-refractivity contribution < 1.29 is 14.2 Å². The molecular formula is C20H20N4O3. The van der Waals surface area contributed by atoms with Crippen LogP contribution in [0.1, 0.15) is 12.8 Å². The zero-order valence-corrected chi connectivity index (χ0v) is 14.8. The van der Waals surface area contributed by atoms with Gasteiger partial charge in [0.1, 0.15) is 5.82 Å². The van der Waals surface area contributed by atoms with Crippen LogP contribution in [0, 0.1) is 0 Å². The molecule has 2 aliphatic rings. The molecule has 0 amide bonds. The molecule has 1 unspecified atom stereocenters. The van der Waals surface area contributed by atoms with Gasteiger partial charge in [0, 0.05) is 30.3 Å². The van der Waals surface area contributed by atoms with Gasteiger partial charge in [-0.2, -0.15) is 4.98 Å². The highest BCUT2D eigenvalue weighted by molar-refractivity contribution is 5.90. The number of fused-ring (bicyclic) bond motifs is 2. The fourth-order valence-corrected chi connectivity index (χ4v) is 3.39. The molecule has 7 heteroatoms. The summed E-state index contributed by atoms with van der Waals surface area (Å²) in [5.41, 5.74) is 1.73. The highest BCUT2D eigenvalue weighted by atomic mass is 16.7. The Morgan fingerprint density at radius 1 is 1.04 bits per heavy atom. The minimum Gasteiger partial charge on any atom is -0.454 e. The maximum atomic E-state index is 5.71. The van der Waals surface area contributed by atoms with Crippen LogP contribution in [0.3, 0.4) is 0 Å². The van der Waals surface area contributed by atoms with E-state index in [1.54, 1.807) is 0 Å². The maximum absolute atomic E-state index is 5.71. The van der Waals surface area contributed by atoms with Crippen LogP contribution in [0.25, 0.3) is 10.9 Å². The Morgan fingerprint density at radius 3 is 2.89 bits per heavy atom. The van der Waals surface area contributed by atoms with Gasteiger partial charge in [-0.3, -0.25) is 0 Å². The fourth-order valence-electron chi connectivity index (χ4n) is 3.39. The number of nitrogens with one attached hydrogen (secondary N) is 2. The number of nitrogens with zero attached hydrogens (tertiary/aromatic N) is 2. The quantitative estimate of drug-likeness (QED) is 0.715. The van der Waals surface area contributed by atoms with Gasteiger partial charge in [0.2, 0.25) is 12.7 Å². The van der Waals surface area contributed by atoms with Crippen molar-refractivity contribution in [2.75, 3.05) is 30.6 Å². The number of anilines is 3. The highest BCUT2D eigenvalue weighted by Crippen LogP contribution is 2.35. The zero-order valence-electron chi connectivity index (χ0n) is 14.8. The first-order valence-electron chi connectivity index (χ1n) is 9.14. The lowest BCUT2D eigenvalue weighted by atomic mass is 10.2. The molecule has 2 aromatic carbocycles. The minimum atomic E-state index is 0.240. The lowest BCUT2D eigenvalue weighted by Crippen LogP contribution is -2.19. The number of hydrogen-bond acceptors (Lipinski definition) is 7. The lowest BCUT2D eigenvalue weighted by molar-refractivity contribution is 0.120. The summed E-state index contributed by atoms with van der Waals surface area (Å²) in [6, 6.07) is 13.7. The summed E-state index contributed by atoms with van der Waals surface area (Å²) in [4.78, 5) is 9.33. The molecule has 138 valence electrons. The third-order valence-corrected chi connectivity index (χ3v) is 4.75. The molecule has 0 bridgehead atoms. The van der Waals surface area contributed by atoms with Gasteiger partial charge in [-0.25, -0.2) is 4.98 Å². The Bertz CT molecular complexity index is 973. The maximum Gasteiger partial charge on any atom is 0.231 e. The van der Waals surface area contributed by atoms with Crippen LogP contribution in [-0.2, 0) is 4.74 Å². The van der Waals surface area contributed by atoms with E-state index in [1.807, 2.05) is 42.5 Å². The summed E-state index contributed by atoms with van der Waals surface area (Å²) in [5, 5.41) is 7.69. The van der Waals surface area contributed by atoms with Crippen LogP contribution in [-0.4, -0.2) is 36.0 Å². The van der Waals surface area contributed by atoms with Crippen molar-refractivity contribution >= 4 is 28.4 Å². The third kappa shape index (κ3) is 3.33. The molecule has 0 saturated carbocycles. The Balaban J connectivity index is 1.43. The molecule has 27 heavy (non-hydrogen) atoms. The molecule has 7 nitrogen and oxygen atoms in total. The van der Waals surface area contributed by atoms with Crippen molar-refractivity contribution in [3.8, 4) is 11.5 Å². The molecule has 0 spiro atoms. The highest BCUT2D eigenvalue weighted by Gasteiger charge is 2.17. The summed E-state index contributed by atoms with van der Waals surface area (Å²) in [5.74, 6) is 2.80. The lowest BCUT2D eigenvalue weighted by Gasteiger charge is -2.14. The molecule has 1 atom stereocenters. The molecule has 3 heterocycles. The number of benzene rings is 2. The van der Waals surface area contributed by atoms with E-state index in [2.05, 4.69) is 20.6 Å². The van der Waals surface area contributed by atoms with Crippen LogP contribution in [0.2, 0.25) is 0 Å². The van der Waals surface area contributed by atoms with Crippen molar-refractivity contribution in [1.29, 1.82) is 0 Å². The molecule has 2 aliphatic heterocycles. The van der Waals surface area contributed by atoms with E-state index >= 15 is 0 Å². The van der Waals surface area contributed by atoms with Crippen molar-refractivity contribution in [2.45, 2.75) is 18.9 Å². The van der Waals surface area contributed by atoms with Crippen molar-refractivity contribution in [3.05, 3.63) is 42.5 Å². The topological polar surface area (TPSA) is 77.5 Å². The van der Waals surface area contributed by atoms with Gasteiger partial charge in [0.15, 0.2) is 11.5 Å². The SMILES string of the molecule is c1ccc2c(NCC3CCCO3)nc(Nc3ccc4c(c3)OCO4)nc2c1. The standard InChI is InChI=1S/C20H20N4O3/c1-2-6-16-15(5-1)19(21-11-14-4-3-9-25-14)24-20(23-16)22-13-7-8-17-18(10-13)27-12-26-17/h1-2,5-8,10,14H,3-4,9,11-12H2,(H2,21,22,23,24). The van der Waals surface area contributed by atoms with Crippen molar-refractivity contribution in [2.24, 2.45) is 0 Å². The molecule has 0 radical (unpaired) electrons. The van der Waals surface area contributed by atoms with Gasteiger partial charge in [0.25, 0.3) is 0 Å². The summed E-state index contributed by atoms with van der Waals surface area (Å²) in [6.07, 6.45) is 2.44. The van der Waals surface area contributed by atoms with Crippen molar-refractivity contribution in [3.63, 3.8) is 0 Å². The van der Waals surface area contributed by atoms with E-state index in [9.17, 15) is 0 Å². The number of rotatable bonds is 5. The van der Waals surface area contributed by atoms with E-state index in [4.69, 9.17) is 14.2 Å². The first-order valence-corrected chi connectivity index (χ1v) is 9.14.